The summed E-state index contributed by atoms with van der Waals surface area (Å²) in [6.45, 7) is 2.22. The molecule has 1 unspecified atom stereocenters. The summed E-state index contributed by atoms with van der Waals surface area (Å²) in [5.74, 6) is 0.156. The number of sulfone groups is 1. The van der Waals surface area contributed by atoms with Gasteiger partial charge in [-0.2, -0.15) is 0 Å². The maximum atomic E-state index is 12.7. The number of hydrogen-bond acceptors (Lipinski definition) is 7. The Hall–Kier alpha value is -2.55. The molecule has 0 aromatic carbocycles. The molecule has 138 valence electrons. The van der Waals surface area contributed by atoms with Crippen LogP contribution in [0.2, 0.25) is 0 Å². The fourth-order valence-electron chi connectivity index (χ4n) is 2.86. The largest absolute Gasteiger partial charge is 0.349 e. The van der Waals surface area contributed by atoms with Crippen LogP contribution in [0.25, 0.3) is 0 Å². The Labute approximate surface area is 152 Å². The molecule has 0 spiro atoms. The summed E-state index contributed by atoms with van der Waals surface area (Å²) in [5.41, 5.74) is 1.73. The smallest absolute Gasteiger partial charge is 0.272 e. The zero-order chi connectivity index (χ0) is 18.7. The van der Waals surface area contributed by atoms with Gasteiger partial charge < -0.3 is 10.2 Å². The lowest BCUT2D eigenvalue weighted by Gasteiger charge is -2.23. The fourth-order valence-corrected chi connectivity index (χ4v) is 4.63. The summed E-state index contributed by atoms with van der Waals surface area (Å²) in [6.07, 6.45) is 2.16. The van der Waals surface area contributed by atoms with E-state index in [4.69, 9.17) is 0 Å². The lowest BCUT2D eigenvalue weighted by molar-refractivity contribution is 0.0741. The molecule has 1 aliphatic rings. The van der Waals surface area contributed by atoms with Gasteiger partial charge in [0, 0.05) is 25.0 Å². The number of carbonyl (C=O) groups is 1. The van der Waals surface area contributed by atoms with Gasteiger partial charge in [0.25, 0.3) is 5.91 Å². The van der Waals surface area contributed by atoms with Crippen molar-refractivity contribution in [3.05, 3.63) is 47.5 Å². The first kappa shape index (κ1) is 18.2. The van der Waals surface area contributed by atoms with E-state index in [9.17, 15) is 13.2 Å². The minimum absolute atomic E-state index is 0.00406. The summed E-state index contributed by atoms with van der Waals surface area (Å²) < 4.78 is 23.3. The molecule has 1 aliphatic heterocycles. The lowest BCUT2D eigenvalue weighted by Crippen LogP contribution is -2.38. The van der Waals surface area contributed by atoms with Crippen LogP contribution in [0.1, 0.15) is 28.3 Å². The second-order valence-corrected chi connectivity index (χ2v) is 8.59. The third-order valence-electron chi connectivity index (χ3n) is 4.30. The average Bonchev–Trinajstić information content (AvgIpc) is 2.99. The number of amides is 1. The summed E-state index contributed by atoms with van der Waals surface area (Å²) in [4.78, 5) is 27.0. The Balaban J connectivity index is 1.73. The van der Waals surface area contributed by atoms with Gasteiger partial charge in [-0.25, -0.2) is 18.4 Å². The number of carbonyl (C=O) groups excluding carboxylic acids is 1. The van der Waals surface area contributed by atoms with Crippen molar-refractivity contribution in [2.24, 2.45) is 0 Å². The molecule has 0 radical (unpaired) electrons. The van der Waals surface area contributed by atoms with Gasteiger partial charge >= 0.3 is 0 Å². The van der Waals surface area contributed by atoms with Crippen LogP contribution in [-0.2, 0) is 16.4 Å². The number of nitrogens with one attached hydrogen (secondary N) is 1. The van der Waals surface area contributed by atoms with E-state index in [1.807, 2.05) is 18.2 Å². The Kier molecular flexibility index (Phi) is 5.17. The maximum absolute atomic E-state index is 12.7. The first-order chi connectivity index (χ1) is 12.3. The van der Waals surface area contributed by atoms with Gasteiger partial charge in [-0.05, 0) is 31.5 Å². The maximum Gasteiger partial charge on any atom is 0.272 e. The number of anilines is 1. The second-order valence-electron chi connectivity index (χ2n) is 6.37. The van der Waals surface area contributed by atoms with Gasteiger partial charge in [0.05, 0.1) is 23.7 Å². The van der Waals surface area contributed by atoms with Crippen molar-refractivity contribution in [3.8, 4) is 0 Å². The third-order valence-corrected chi connectivity index (χ3v) is 6.05. The van der Waals surface area contributed by atoms with Crippen molar-refractivity contribution < 1.29 is 13.2 Å². The molecule has 3 heterocycles. The molecule has 9 heteroatoms. The summed E-state index contributed by atoms with van der Waals surface area (Å²) in [5, 5.41) is 3.07. The van der Waals surface area contributed by atoms with E-state index in [2.05, 4.69) is 20.3 Å². The van der Waals surface area contributed by atoms with Gasteiger partial charge in [-0.1, -0.05) is 6.07 Å². The number of aryl methyl sites for hydroxylation is 1. The van der Waals surface area contributed by atoms with Crippen LogP contribution in [0.15, 0.2) is 30.5 Å². The predicted molar refractivity (Wildman–Crippen MR) is 97.5 cm³/mol. The predicted octanol–water partition coefficient (Wildman–Crippen LogP) is 1.05. The minimum atomic E-state index is -3.06. The molecule has 2 aromatic rings. The molecule has 0 saturated carbocycles. The highest BCUT2D eigenvalue weighted by Gasteiger charge is 2.33. The molecular formula is C17H21N5O3S. The quantitative estimate of drug-likeness (QED) is 0.833. The standard InChI is InChI=1S/C17H21N5O3S/c1-12-9-15(16(23)22(2)14-6-8-26(24,25)11-14)21-17(20-12)19-10-13-5-3-4-7-18-13/h3-5,7,9,14H,6,8,10-11H2,1-2H3,(H,19,20,21). The highest BCUT2D eigenvalue weighted by molar-refractivity contribution is 7.91. The molecule has 26 heavy (non-hydrogen) atoms. The molecule has 1 amide bonds. The monoisotopic (exact) mass is 375 g/mol. The van der Waals surface area contributed by atoms with Crippen LogP contribution in [0.5, 0.6) is 0 Å². The van der Waals surface area contributed by atoms with Crippen LogP contribution in [-0.4, -0.2) is 58.8 Å². The van der Waals surface area contributed by atoms with Crippen molar-refractivity contribution >= 4 is 21.7 Å². The normalized spacial score (nSPS) is 18.5. The second kappa shape index (κ2) is 7.36. The molecule has 3 rings (SSSR count). The molecule has 0 bridgehead atoms. The van der Waals surface area contributed by atoms with Gasteiger partial charge in [-0.3, -0.25) is 9.78 Å². The van der Waals surface area contributed by atoms with E-state index in [0.717, 1.165) is 5.69 Å². The topological polar surface area (TPSA) is 105 Å². The van der Waals surface area contributed by atoms with Crippen molar-refractivity contribution in [2.75, 3.05) is 23.9 Å². The van der Waals surface area contributed by atoms with Gasteiger partial charge in [-0.15, -0.1) is 0 Å². The Morgan fingerprint density at radius 2 is 2.15 bits per heavy atom. The van der Waals surface area contributed by atoms with Crippen molar-refractivity contribution in [1.82, 2.24) is 19.9 Å². The molecule has 8 nitrogen and oxygen atoms in total. The summed E-state index contributed by atoms with van der Waals surface area (Å²) in [7, 11) is -1.44. The molecule has 2 aromatic heterocycles. The van der Waals surface area contributed by atoms with Crippen LogP contribution in [0.4, 0.5) is 5.95 Å². The zero-order valence-electron chi connectivity index (χ0n) is 14.7. The summed E-state index contributed by atoms with van der Waals surface area (Å²) >= 11 is 0. The molecule has 1 saturated heterocycles. The van der Waals surface area contributed by atoms with E-state index in [-0.39, 0.29) is 29.1 Å². The Morgan fingerprint density at radius 3 is 2.81 bits per heavy atom. The van der Waals surface area contributed by atoms with Crippen molar-refractivity contribution in [1.29, 1.82) is 0 Å². The van der Waals surface area contributed by atoms with Crippen LogP contribution >= 0.6 is 0 Å². The van der Waals surface area contributed by atoms with Crippen LogP contribution in [0, 0.1) is 6.92 Å². The minimum Gasteiger partial charge on any atom is -0.349 e. The number of pyridine rings is 1. The molecule has 0 aliphatic carbocycles. The van der Waals surface area contributed by atoms with Crippen LogP contribution in [0.3, 0.4) is 0 Å². The van der Waals surface area contributed by atoms with E-state index >= 15 is 0 Å². The number of rotatable bonds is 5. The fraction of sp³-hybridized carbons (Fsp3) is 0.412. The SMILES string of the molecule is Cc1cc(C(=O)N(C)C2CCS(=O)(=O)C2)nc(NCc2ccccn2)n1. The Bertz CT molecular complexity index is 902. The summed E-state index contributed by atoms with van der Waals surface area (Å²) in [6, 6.07) is 6.90. The van der Waals surface area contributed by atoms with E-state index in [1.165, 1.54) is 4.90 Å². The molecule has 1 N–H and O–H groups in total. The number of hydrogen-bond donors (Lipinski definition) is 1. The average molecular weight is 375 g/mol. The molecule has 1 atom stereocenters. The van der Waals surface area contributed by atoms with Crippen molar-refractivity contribution in [2.45, 2.75) is 25.9 Å². The molecular weight excluding hydrogens is 354 g/mol. The van der Waals surface area contributed by atoms with Gasteiger partial charge in [0.15, 0.2) is 9.84 Å². The number of aromatic nitrogens is 3. The number of nitrogens with zero attached hydrogens (tertiary/aromatic N) is 4. The lowest BCUT2D eigenvalue weighted by atomic mass is 10.2. The molecule has 1 fully saturated rings. The van der Waals surface area contributed by atoms with E-state index in [0.29, 0.717) is 24.6 Å². The van der Waals surface area contributed by atoms with Gasteiger partial charge in [0.2, 0.25) is 5.95 Å². The first-order valence-electron chi connectivity index (χ1n) is 8.31. The zero-order valence-corrected chi connectivity index (χ0v) is 15.5. The van der Waals surface area contributed by atoms with Crippen molar-refractivity contribution in [3.63, 3.8) is 0 Å². The first-order valence-corrected chi connectivity index (χ1v) is 10.1. The van der Waals surface area contributed by atoms with E-state index < -0.39 is 9.84 Å². The highest BCUT2D eigenvalue weighted by atomic mass is 32.2. The van der Waals surface area contributed by atoms with Gasteiger partial charge in [0.1, 0.15) is 5.69 Å². The van der Waals surface area contributed by atoms with Crippen LogP contribution < -0.4 is 5.32 Å². The van der Waals surface area contributed by atoms with E-state index in [1.54, 1.807) is 26.2 Å². The Morgan fingerprint density at radius 1 is 1.35 bits per heavy atom. The third kappa shape index (κ3) is 4.34. The highest BCUT2D eigenvalue weighted by Crippen LogP contribution is 2.18.